The first-order chi connectivity index (χ1) is 7.83. The first-order valence-corrected chi connectivity index (χ1v) is 5.62. The Bertz CT molecular complexity index is 377. The van der Waals surface area contributed by atoms with Crippen LogP contribution >= 0.6 is 11.6 Å². The molecule has 0 bridgehead atoms. The van der Waals surface area contributed by atoms with Crippen molar-refractivity contribution in [1.82, 2.24) is 0 Å². The van der Waals surface area contributed by atoms with Gasteiger partial charge in [-0.25, -0.2) is 0 Å². The predicted molar refractivity (Wildman–Crippen MR) is 61.6 cm³/mol. The Hall–Kier alpha value is -0.900. The third kappa shape index (κ3) is 4.46. The zero-order valence-corrected chi connectivity index (χ0v) is 10.4. The highest BCUT2D eigenvalue weighted by atomic mass is 35.5. The molecule has 0 radical (unpaired) electrons. The van der Waals surface area contributed by atoms with Gasteiger partial charge in [-0.3, -0.25) is 0 Å². The maximum absolute atomic E-state index is 12.1. The molecule has 0 aliphatic heterocycles. The lowest BCUT2D eigenvalue weighted by molar-refractivity contribution is -0.135. The first kappa shape index (κ1) is 14.2. The van der Waals surface area contributed by atoms with E-state index < -0.39 is 18.0 Å². The fraction of sp³-hybridized carbons (Fsp3) is 0.500. The van der Waals surface area contributed by atoms with Crippen LogP contribution < -0.4 is 4.74 Å². The fourth-order valence-corrected chi connectivity index (χ4v) is 1.82. The fourth-order valence-electron chi connectivity index (χ4n) is 1.54. The topological polar surface area (TPSA) is 9.23 Å². The van der Waals surface area contributed by atoms with Gasteiger partial charge in [-0.1, -0.05) is 17.7 Å². The highest BCUT2D eigenvalue weighted by Gasteiger charge is 2.28. The quantitative estimate of drug-likeness (QED) is 0.722. The molecule has 1 atom stereocenters. The van der Waals surface area contributed by atoms with Crippen molar-refractivity contribution in [2.75, 3.05) is 7.11 Å². The van der Waals surface area contributed by atoms with Crippen molar-refractivity contribution >= 4 is 11.6 Å². The van der Waals surface area contributed by atoms with Crippen LogP contribution in [0.4, 0.5) is 13.2 Å². The van der Waals surface area contributed by atoms with Crippen molar-refractivity contribution < 1.29 is 17.9 Å². The second kappa shape index (κ2) is 5.63. The van der Waals surface area contributed by atoms with Gasteiger partial charge in [0.1, 0.15) is 5.75 Å². The van der Waals surface area contributed by atoms with Gasteiger partial charge < -0.3 is 4.74 Å². The van der Waals surface area contributed by atoms with Gasteiger partial charge in [0.25, 0.3) is 0 Å². The molecule has 0 aliphatic rings. The average Bonchev–Trinajstić information content (AvgIpc) is 2.25. The molecule has 5 heteroatoms. The number of aryl methyl sites for hydroxylation is 1. The molecular weight excluding hydrogens is 253 g/mol. The number of alkyl halides is 4. The highest BCUT2D eigenvalue weighted by molar-refractivity contribution is 6.21. The Morgan fingerprint density at radius 2 is 2.00 bits per heavy atom. The number of halogens is 4. The van der Waals surface area contributed by atoms with E-state index in [2.05, 4.69) is 0 Å². The summed E-state index contributed by atoms with van der Waals surface area (Å²) >= 11 is 5.99. The number of hydrogen-bond acceptors (Lipinski definition) is 1. The van der Waals surface area contributed by atoms with Crippen molar-refractivity contribution in [2.24, 2.45) is 0 Å². The van der Waals surface area contributed by atoms with Crippen LogP contribution in [-0.2, 0) is 0 Å². The van der Waals surface area contributed by atoms with Crippen molar-refractivity contribution in [1.29, 1.82) is 0 Å². The normalized spacial score (nSPS) is 13.5. The molecule has 0 aromatic heterocycles. The van der Waals surface area contributed by atoms with Crippen molar-refractivity contribution in [3.8, 4) is 5.75 Å². The number of ether oxygens (including phenoxy) is 1. The summed E-state index contributed by atoms with van der Waals surface area (Å²) in [6.07, 6.45) is -5.21. The van der Waals surface area contributed by atoms with Crippen LogP contribution in [-0.4, -0.2) is 13.3 Å². The van der Waals surface area contributed by atoms with Crippen LogP contribution in [0.1, 0.15) is 29.3 Å². The lowest BCUT2D eigenvalue weighted by Crippen LogP contribution is -2.08. The zero-order chi connectivity index (χ0) is 13.1. The molecule has 1 unspecified atom stereocenters. The van der Waals surface area contributed by atoms with E-state index in [4.69, 9.17) is 16.3 Å². The van der Waals surface area contributed by atoms with Crippen molar-refractivity contribution in [3.05, 3.63) is 29.3 Å². The molecule has 1 rings (SSSR count). The minimum Gasteiger partial charge on any atom is -0.496 e. The Kier molecular flexibility index (Phi) is 4.69. The molecule has 0 aliphatic carbocycles. The first-order valence-electron chi connectivity index (χ1n) is 5.19. The smallest absolute Gasteiger partial charge is 0.389 e. The van der Waals surface area contributed by atoms with E-state index in [0.717, 1.165) is 5.56 Å². The molecule has 0 heterocycles. The minimum atomic E-state index is -4.18. The molecule has 0 saturated carbocycles. The van der Waals surface area contributed by atoms with Gasteiger partial charge in [-0.2, -0.15) is 13.2 Å². The third-order valence-electron chi connectivity index (χ3n) is 2.40. The Morgan fingerprint density at radius 1 is 1.35 bits per heavy atom. The Morgan fingerprint density at radius 3 is 2.53 bits per heavy atom. The summed E-state index contributed by atoms with van der Waals surface area (Å²) in [5.41, 5.74) is 1.55. The van der Waals surface area contributed by atoms with Gasteiger partial charge in [-0.05, 0) is 19.4 Å². The van der Waals surface area contributed by atoms with Crippen LogP contribution in [0.2, 0.25) is 0 Å². The summed E-state index contributed by atoms with van der Waals surface area (Å²) in [6.45, 7) is 1.86. The standard InChI is InChI=1S/C12H14ClF3O/c1-8-3-4-11(17-2)9(7-8)10(13)5-6-12(14,15)16/h3-4,7,10H,5-6H2,1-2H3. The van der Waals surface area contributed by atoms with Gasteiger partial charge in [0.05, 0.1) is 12.5 Å². The zero-order valence-electron chi connectivity index (χ0n) is 9.64. The summed E-state index contributed by atoms with van der Waals surface area (Å²) in [6, 6.07) is 5.30. The maximum atomic E-state index is 12.1. The monoisotopic (exact) mass is 266 g/mol. The lowest BCUT2D eigenvalue weighted by atomic mass is 10.0. The Labute approximate surface area is 104 Å². The van der Waals surface area contributed by atoms with Crippen LogP contribution in [0.5, 0.6) is 5.75 Å². The van der Waals surface area contributed by atoms with E-state index in [1.807, 2.05) is 13.0 Å². The number of benzene rings is 1. The van der Waals surface area contributed by atoms with Crippen LogP contribution in [0.3, 0.4) is 0 Å². The number of hydrogen-bond donors (Lipinski definition) is 0. The molecule has 0 spiro atoms. The van der Waals surface area contributed by atoms with E-state index in [0.29, 0.717) is 11.3 Å². The van der Waals surface area contributed by atoms with E-state index in [9.17, 15) is 13.2 Å². The number of methoxy groups -OCH3 is 1. The van der Waals surface area contributed by atoms with E-state index in [1.54, 1.807) is 12.1 Å². The highest BCUT2D eigenvalue weighted by Crippen LogP contribution is 2.36. The Balaban J connectivity index is 2.80. The SMILES string of the molecule is COc1ccc(C)cc1C(Cl)CCC(F)(F)F. The maximum Gasteiger partial charge on any atom is 0.389 e. The van der Waals surface area contributed by atoms with E-state index in [-0.39, 0.29) is 6.42 Å². The molecule has 0 N–H and O–H groups in total. The summed E-state index contributed by atoms with van der Waals surface area (Å²) in [5.74, 6) is 0.526. The molecule has 0 saturated heterocycles. The molecule has 96 valence electrons. The third-order valence-corrected chi connectivity index (χ3v) is 2.86. The minimum absolute atomic E-state index is 0.148. The van der Waals surface area contributed by atoms with E-state index >= 15 is 0 Å². The van der Waals surface area contributed by atoms with Crippen LogP contribution in [0, 0.1) is 6.92 Å². The summed E-state index contributed by atoms with van der Waals surface area (Å²) in [4.78, 5) is 0. The second-order valence-electron chi connectivity index (χ2n) is 3.87. The second-order valence-corrected chi connectivity index (χ2v) is 4.39. The summed E-state index contributed by atoms with van der Waals surface area (Å²) < 4.78 is 41.4. The van der Waals surface area contributed by atoms with Gasteiger partial charge in [0, 0.05) is 12.0 Å². The molecule has 0 amide bonds. The van der Waals surface area contributed by atoms with Gasteiger partial charge in [0.2, 0.25) is 0 Å². The average molecular weight is 267 g/mol. The number of rotatable bonds is 4. The van der Waals surface area contributed by atoms with E-state index in [1.165, 1.54) is 7.11 Å². The largest absolute Gasteiger partial charge is 0.496 e. The molecular formula is C12H14ClF3O. The van der Waals surface area contributed by atoms with Gasteiger partial charge >= 0.3 is 6.18 Å². The summed E-state index contributed by atoms with van der Waals surface area (Å²) in [7, 11) is 1.47. The van der Waals surface area contributed by atoms with Crippen molar-refractivity contribution in [2.45, 2.75) is 31.3 Å². The van der Waals surface area contributed by atoms with Gasteiger partial charge in [-0.15, -0.1) is 11.6 Å². The molecule has 0 fully saturated rings. The van der Waals surface area contributed by atoms with Crippen LogP contribution in [0.15, 0.2) is 18.2 Å². The predicted octanol–water partition coefficient (Wildman–Crippen LogP) is 4.63. The van der Waals surface area contributed by atoms with Gasteiger partial charge in [0.15, 0.2) is 0 Å². The summed E-state index contributed by atoms with van der Waals surface area (Å²) in [5, 5.41) is -0.688. The molecule has 1 aromatic rings. The lowest BCUT2D eigenvalue weighted by Gasteiger charge is -2.15. The van der Waals surface area contributed by atoms with Crippen molar-refractivity contribution in [3.63, 3.8) is 0 Å². The molecule has 17 heavy (non-hydrogen) atoms. The van der Waals surface area contributed by atoms with Crippen LogP contribution in [0.25, 0.3) is 0 Å². The molecule has 1 aromatic carbocycles. The molecule has 1 nitrogen and oxygen atoms in total.